The van der Waals surface area contributed by atoms with Gasteiger partial charge in [0.15, 0.2) is 5.11 Å². The number of nitrogens with one attached hydrogen (secondary N) is 1. The summed E-state index contributed by atoms with van der Waals surface area (Å²) in [6.45, 7) is 8.40. The maximum absolute atomic E-state index is 6.53. The molecular formula is C34H31ClN4OS. The number of benzene rings is 3. The maximum Gasteiger partial charge on any atom is 0.174 e. The van der Waals surface area contributed by atoms with Gasteiger partial charge in [-0.25, -0.2) is 0 Å². The topological polar surface area (TPSA) is 42.3 Å². The molecule has 0 radical (unpaired) electrons. The number of thiocarbonyl (C=S) groups is 1. The van der Waals surface area contributed by atoms with E-state index in [-0.39, 0.29) is 12.1 Å². The number of halogens is 1. The van der Waals surface area contributed by atoms with Crippen LogP contribution in [0.5, 0.6) is 11.5 Å². The van der Waals surface area contributed by atoms with Gasteiger partial charge in [0, 0.05) is 34.0 Å². The normalized spacial score (nSPS) is 16.6. The Kier molecular flexibility index (Phi) is 7.28. The van der Waals surface area contributed by atoms with Crippen molar-refractivity contribution < 1.29 is 4.74 Å². The molecule has 1 aliphatic heterocycles. The highest BCUT2D eigenvalue weighted by Crippen LogP contribution is 2.44. The molecule has 0 amide bonds. The highest BCUT2D eigenvalue weighted by molar-refractivity contribution is 7.80. The van der Waals surface area contributed by atoms with Crippen LogP contribution in [0.3, 0.4) is 0 Å². The third-order valence-electron chi connectivity index (χ3n) is 7.80. The summed E-state index contributed by atoms with van der Waals surface area (Å²) in [5.74, 6) is 1.61. The number of nitrogens with zero attached hydrogens (tertiary/aromatic N) is 3. The lowest BCUT2D eigenvalue weighted by Gasteiger charge is -2.28. The zero-order chi connectivity index (χ0) is 28.7. The molecule has 2 aromatic heterocycles. The molecule has 3 aromatic carbocycles. The van der Waals surface area contributed by atoms with Gasteiger partial charge in [-0.2, -0.15) is 0 Å². The van der Waals surface area contributed by atoms with Crippen LogP contribution in [0.4, 0.5) is 5.69 Å². The number of anilines is 1. The van der Waals surface area contributed by atoms with Crippen LogP contribution in [0.25, 0.3) is 5.69 Å². The third kappa shape index (κ3) is 4.98. The molecule has 0 bridgehead atoms. The molecule has 5 nitrogen and oxygen atoms in total. The molecule has 1 aliphatic rings. The van der Waals surface area contributed by atoms with Crippen molar-refractivity contribution in [2.75, 3.05) is 4.90 Å². The summed E-state index contributed by atoms with van der Waals surface area (Å²) in [5.41, 5.74) is 8.56. The van der Waals surface area contributed by atoms with E-state index in [4.69, 9.17) is 33.5 Å². The zero-order valence-electron chi connectivity index (χ0n) is 23.4. The average molecular weight is 579 g/mol. The van der Waals surface area contributed by atoms with Crippen molar-refractivity contribution in [1.82, 2.24) is 14.9 Å². The second-order valence-electron chi connectivity index (χ2n) is 10.4. The molecule has 0 aliphatic carbocycles. The van der Waals surface area contributed by atoms with Crippen molar-refractivity contribution in [2.45, 2.75) is 39.8 Å². The number of para-hydroxylation sites is 1. The van der Waals surface area contributed by atoms with E-state index in [1.807, 2.05) is 73.8 Å². The molecule has 0 unspecified atom stereocenters. The molecule has 41 heavy (non-hydrogen) atoms. The first-order valence-corrected chi connectivity index (χ1v) is 14.4. The van der Waals surface area contributed by atoms with Gasteiger partial charge in [0.05, 0.1) is 17.8 Å². The van der Waals surface area contributed by atoms with Gasteiger partial charge in [-0.05, 0) is 117 Å². The number of ether oxygens (including phenoxy) is 1. The lowest BCUT2D eigenvalue weighted by atomic mass is 9.96. The van der Waals surface area contributed by atoms with E-state index in [2.05, 4.69) is 65.9 Å². The van der Waals surface area contributed by atoms with Gasteiger partial charge in [-0.3, -0.25) is 4.98 Å². The summed E-state index contributed by atoms with van der Waals surface area (Å²) in [5, 5.41) is 4.98. The molecule has 7 heteroatoms. The summed E-state index contributed by atoms with van der Waals surface area (Å²) >= 11 is 12.5. The quantitative estimate of drug-likeness (QED) is 0.204. The van der Waals surface area contributed by atoms with E-state index in [0.717, 1.165) is 56.1 Å². The summed E-state index contributed by atoms with van der Waals surface area (Å²) in [6.07, 6.45) is 1.83. The Morgan fingerprint density at radius 1 is 0.878 bits per heavy atom. The van der Waals surface area contributed by atoms with E-state index in [0.29, 0.717) is 5.11 Å². The molecule has 6 rings (SSSR count). The van der Waals surface area contributed by atoms with Crippen LogP contribution in [0.15, 0.2) is 97.2 Å². The summed E-state index contributed by atoms with van der Waals surface area (Å²) < 4.78 is 8.45. The van der Waals surface area contributed by atoms with Crippen molar-refractivity contribution >= 4 is 34.6 Å². The first kappa shape index (κ1) is 27.1. The molecule has 1 N–H and O–H groups in total. The van der Waals surface area contributed by atoms with E-state index in [1.54, 1.807) is 0 Å². The SMILES string of the molecule is Cc1ccccc1Oc1ccc(N2C(=S)N[C@@H](c3ccccn3)[C@@H]2c2cc(C)n(-c3cccc(Cl)c3C)c2C)cc1. The Balaban J connectivity index is 1.43. The number of aromatic nitrogens is 2. The van der Waals surface area contributed by atoms with Crippen LogP contribution < -0.4 is 15.0 Å². The molecule has 1 saturated heterocycles. The van der Waals surface area contributed by atoms with Crippen molar-refractivity contribution in [3.63, 3.8) is 0 Å². The standard InChI is InChI=1S/C34H31ClN4OS/c1-21-10-5-6-14-31(21)40-26-17-15-25(16-18-26)39-33(32(37-34(39)41)29-12-7-8-19-36-29)27-20-22(2)38(24(27)4)30-13-9-11-28(35)23(30)3/h5-20,32-33H,1-4H3,(H,37,41)/t32-,33-/m0/s1. The predicted octanol–water partition coefficient (Wildman–Crippen LogP) is 8.73. The minimum Gasteiger partial charge on any atom is -0.457 e. The number of aryl methyl sites for hydroxylation is 2. The maximum atomic E-state index is 6.53. The third-order valence-corrected chi connectivity index (χ3v) is 8.53. The fourth-order valence-electron chi connectivity index (χ4n) is 5.72. The lowest BCUT2D eigenvalue weighted by Crippen LogP contribution is -2.29. The first-order chi connectivity index (χ1) is 19.8. The summed E-state index contributed by atoms with van der Waals surface area (Å²) in [7, 11) is 0. The lowest BCUT2D eigenvalue weighted by molar-refractivity contribution is 0.479. The molecule has 0 saturated carbocycles. The van der Waals surface area contributed by atoms with Crippen LogP contribution in [0.1, 0.15) is 45.9 Å². The Morgan fingerprint density at radius 2 is 1.63 bits per heavy atom. The molecule has 0 spiro atoms. The van der Waals surface area contributed by atoms with Gasteiger partial charge < -0.3 is 19.5 Å². The van der Waals surface area contributed by atoms with E-state index in [9.17, 15) is 0 Å². The highest BCUT2D eigenvalue weighted by atomic mass is 35.5. The fourth-order valence-corrected chi connectivity index (χ4v) is 6.23. The second-order valence-corrected chi connectivity index (χ2v) is 11.2. The molecule has 1 fully saturated rings. The first-order valence-electron chi connectivity index (χ1n) is 13.6. The van der Waals surface area contributed by atoms with Crippen molar-refractivity contribution in [2.24, 2.45) is 0 Å². The molecule has 206 valence electrons. The van der Waals surface area contributed by atoms with Crippen LogP contribution in [0.2, 0.25) is 5.02 Å². The number of hydrogen-bond donors (Lipinski definition) is 1. The predicted molar refractivity (Wildman–Crippen MR) is 171 cm³/mol. The smallest absolute Gasteiger partial charge is 0.174 e. The fraction of sp³-hybridized carbons (Fsp3) is 0.176. The molecule has 5 aromatic rings. The van der Waals surface area contributed by atoms with Gasteiger partial charge in [-0.15, -0.1) is 0 Å². The Morgan fingerprint density at radius 3 is 2.37 bits per heavy atom. The van der Waals surface area contributed by atoms with E-state index < -0.39 is 0 Å². The zero-order valence-corrected chi connectivity index (χ0v) is 25.0. The molecule has 2 atom stereocenters. The molecule has 3 heterocycles. The largest absolute Gasteiger partial charge is 0.457 e. The van der Waals surface area contributed by atoms with Crippen LogP contribution in [0, 0.1) is 27.7 Å². The molecular weight excluding hydrogens is 548 g/mol. The minimum absolute atomic E-state index is 0.125. The van der Waals surface area contributed by atoms with Gasteiger partial charge in [0.25, 0.3) is 0 Å². The number of hydrogen-bond acceptors (Lipinski definition) is 3. The monoisotopic (exact) mass is 578 g/mol. The van der Waals surface area contributed by atoms with Gasteiger partial charge in [-0.1, -0.05) is 41.9 Å². The van der Waals surface area contributed by atoms with Gasteiger partial charge in [0.2, 0.25) is 0 Å². The highest BCUT2D eigenvalue weighted by Gasteiger charge is 2.42. The summed E-state index contributed by atoms with van der Waals surface area (Å²) in [4.78, 5) is 6.92. The van der Waals surface area contributed by atoms with Crippen molar-refractivity contribution in [3.05, 3.63) is 136 Å². The van der Waals surface area contributed by atoms with Gasteiger partial charge in [0.1, 0.15) is 11.5 Å². The van der Waals surface area contributed by atoms with Crippen LogP contribution in [-0.4, -0.2) is 14.7 Å². The number of rotatable bonds is 6. The number of pyridine rings is 1. The Labute approximate surface area is 251 Å². The minimum atomic E-state index is -0.138. The average Bonchev–Trinajstić information content (AvgIpc) is 3.47. The summed E-state index contributed by atoms with van der Waals surface area (Å²) in [6, 6.07) is 30.2. The van der Waals surface area contributed by atoms with Crippen molar-refractivity contribution in [3.8, 4) is 17.2 Å². The Bertz CT molecular complexity index is 1730. The van der Waals surface area contributed by atoms with Gasteiger partial charge >= 0.3 is 0 Å². The van der Waals surface area contributed by atoms with E-state index in [1.165, 1.54) is 5.56 Å². The van der Waals surface area contributed by atoms with E-state index >= 15 is 0 Å². The van der Waals surface area contributed by atoms with Crippen LogP contribution >= 0.6 is 23.8 Å². The van der Waals surface area contributed by atoms with Crippen LogP contribution in [-0.2, 0) is 0 Å². The Hall–Kier alpha value is -4.13. The second kappa shape index (κ2) is 11.0. The van der Waals surface area contributed by atoms with Crippen molar-refractivity contribution in [1.29, 1.82) is 0 Å².